The molecular formula is C13H16N2O3. The third kappa shape index (κ3) is 2.03. The second-order valence-electron chi connectivity index (χ2n) is 4.01. The van der Waals surface area contributed by atoms with Crippen molar-refractivity contribution < 1.29 is 14.3 Å². The first-order chi connectivity index (χ1) is 8.69. The number of nitrogens with zero attached hydrogens (tertiary/aromatic N) is 2. The van der Waals surface area contributed by atoms with Crippen molar-refractivity contribution >= 4 is 23.4 Å². The fourth-order valence-corrected chi connectivity index (χ4v) is 2.11. The third-order valence-electron chi connectivity index (χ3n) is 3.01. The first kappa shape index (κ1) is 12.4. The van der Waals surface area contributed by atoms with Crippen molar-refractivity contribution in [3.8, 4) is 0 Å². The summed E-state index contributed by atoms with van der Waals surface area (Å²) in [5, 5.41) is 0. The summed E-state index contributed by atoms with van der Waals surface area (Å²) in [5.74, 6) is 0.0620. The maximum atomic E-state index is 11.9. The zero-order valence-electron chi connectivity index (χ0n) is 10.5. The Bertz CT molecular complexity index is 430. The van der Waals surface area contributed by atoms with E-state index in [2.05, 4.69) is 0 Å². The number of hydrogen-bond acceptors (Lipinski definition) is 3. The molecule has 1 heterocycles. The smallest absolute Gasteiger partial charge is 0.414 e. The number of ether oxygens (including phenoxy) is 1. The van der Waals surface area contributed by atoms with Gasteiger partial charge in [0.2, 0.25) is 5.91 Å². The molecule has 0 atom stereocenters. The molecule has 2 rings (SSSR count). The molecule has 96 valence electrons. The molecule has 0 unspecified atom stereocenters. The van der Waals surface area contributed by atoms with Gasteiger partial charge in [-0.1, -0.05) is 19.1 Å². The highest BCUT2D eigenvalue weighted by molar-refractivity contribution is 6.02. The summed E-state index contributed by atoms with van der Waals surface area (Å²) < 4.78 is 4.75. The molecule has 0 fully saturated rings. The monoisotopic (exact) mass is 248 g/mol. The number of benzene rings is 1. The molecule has 1 aliphatic heterocycles. The molecule has 1 aromatic rings. The highest BCUT2D eigenvalue weighted by Gasteiger charge is 2.29. The van der Waals surface area contributed by atoms with Gasteiger partial charge in [-0.2, -0.15) is 0 Å². The van der Waals surface area contributed by atoms with E-state index in [-0.39, 0.29) is 5.91 Å². The van der Waals surface area contributed by atoms with Gasteiger partial charge >= 0.3 is 6.09 Å². The molecule has 0 radical (unpaired) electrons. The molecule has 0 aromatic heterocycles. The number of anilines is 2. The number of hydrogen-bond donors (Lipinski definition) is 0. The Balaban J connectivity index is 2.40. The van der Waals surface area contributed by atoms with Crippen LogP contribution < -0.4 is 9.80 Å². The van der Waals surface area contributed by atoms with Crippen LogP contribution in [0.4, 0.5) is 16.2 Å². The lowest BCUT2D eigenvalue weighted by molar-refractivity contribution is -0.118. The first-order valence-electron chi connectivity index (χ1n) is 5.94. The molecule has 0 N–H and O–H groups in total. The van der Waals surface area contributed by atoms with Crippen molar-refractivity contribution in [2.75, 3.05) is 30.0 Å². The molecule has 0 saturated carbocycles. The molecule has 2 amide bonds. The van der Waals surface area contributed by atoms with Gasteiger partial charge in [0.15, 0.2) is 0 Å². The third-order valence-corrected chi connectivity index (χ3v) is 3.01. The summed E-state index contributed by atoms with van der Waals surface area (Å²) in [4.78, 5) is 26.8. The second-order valence-corrected chi connectivity index (χ2v) is 4.01. The van der Waals surface area contributed by atoms with Crippen LogP contribution in [0.15, 0.2) is 24.3 Å². The van der Waals surface area contributed by atoms with Crippen LogP contribution in [0, 0.1) is 0 Å². The van der Waals surface area contributed by atoms with Crippen LogP contribution in [-0.4, -0.2) is 32.2 Å². The van der Waals surface area contributed by atoms with Gasteiger partial charge < -0.3 is 9.64 Å². The van der Waals surface area contributed by atoms with E-state index in [9.17, 15) is 9.59 Å². The van der Waals surface area contributed by atoms with Crippen LogP contribution in [0.3, 0.4) is 0 Å². The molecule has 1 aliphatic rings. The maximum Gasteiger partial charge on any atom is 0.414 e. The number of rotatable bonds is 1. The average Bonchev–Trinajstić information content (AvgIpc) is 2.44. The van der Waals surface area contributed by atoms with Crippen LogP contribution in [0.25, 0.3) is 0 Å². The van der Waals surface area contributed by atoms with E-state index in [1.807, 2.05) is 31.2 Å². The van der Waals surface area contributed by atoms with Gasteiger partial charge in [0.25, 0.3) is 0 Å². The van der Waals surface area contributed by atoms with E-state index in [1.54, 1.807) is 9.80 Å². The number of para-hydroxylation sites is 2. The second kappa shape index (κ2) is 5.08. The molecule has 5 nitrogen and oxygen atoms in total. The van der Waals surface area contributed by atoms with Gasteiger partial charge in [0.05, 0.1) is 18.5 Å². The van der Waals surface area contributed by atoms with E-state index in [1.165, 1.54) is 7.11 Å². The zero-order valence-corrected chi connectivity index (χ0v) is 10.5. The largest absolute Gasteiger partial charge is 0.452 e. The molecule has 0 saturated heterocycles. The summed E-state index contributed by atoms with van der Waals surface area (Å²) in [5.41, 5.74) is 1.48. The minimum absolute atomic E-state index is 0.0620. The lowest BCUT2D eigenvalue weighted by Crippen LogP contribution is -2.46. The predicted octanol–water partition coefficient (Wildman–Crippen LogP) is 2.02. The Morgan fingerprint density at radius 2 is 1.72 bits per heavy atom. The quantitative estimate of drug-likeness (QED) is 0.764. The molecule has 5 heteroatoms. The molecule has 0 aliphatic carbocycles. The fraction of sp³-hybridized carbons (Fsp3) is 0.385. The average molecular weight is 248 g/mol. The van der Waals surface area contributed by atoms with Gasteiger partial charge in [-0.15, -0.1) is 0 Å². The SMILES string of the molecule is CCC(=O)N1CCN(C(=O)OC)c2ccccc21. The van der Waals surface area contributed by atoms with Crippen LogP contribution in [0.5, 0.6) is 0 Å². The van der Waals surface area contributed by atoms with Crippen LogP contribution in [-0.2, 0) is 9.53 Å². The molecule has 1 aromatic carbocycles. The van der Waals surface area contributed by atoms with Crippen molar-refractivity contribution in [3.05, 3.63) is 24.3 Å². The fourth-order valence-electron chi connectivity index (χ4n) is 2.11. The highest BCUT2D eigenvalue weighted by atomic mass is 16.5. The van der Waals surface area contributed by atoms with E-state index in [0.717, 1.165) is 11.4 Å². The minimum Gasteiger partial charge on any atom is -0.452 e. The van der Waals surface area contributed by atoms with Gasteiger partial charge in [-0.05, 0) is 12.1 Å². The van der Waals surface area contributed by atoms with Crippen LogP contribution in [0.2, 0.25) is 0 Å². The lowest BCUT2D eigenvalue weighted by atomic mass is 10.1. The number of fused-ring (bicyclic) bond motifs is 1. The standard InChI is InChI=1S/C13H16N2O3/c1-3-12(16)14-8-9-15(13(17)18-2)11-7-5-4-6-10(11)14/h4-7H,3,8-9H2,1-2H3. The lowest BCUT2D eigenvalue weighted by Gasteiger charge is -2.35. The Kier molecular flexibility index (Phi) is 3.50. The zero-order chi connectivity index (χ0) is 13.1. The van der Waals surface area contributed by atoms with Crippen molar-refractivity contribution in [1.29, 1.82) is 0 Å². The van der Waals surface area contributed by atoms with Crippen molar-refractivity contribution in [3.63, 3.8) is 0 Å². The summed E-state index contributed by atoms with van der Waals surface area (Å²) >= 11 is 0. The maximum absolute atomic E-state index is 11.9. The van der Waals surface area contributed by atoms with E-state index >= 15 is 0 Å². The number of amides is 2. The number of methoxy groups -OCH3 is 1. The molecule has 18 heavy (non-hydrogen) atoms. The van der Waals surface area contributed by atoms with E-state index in [0.29, 0.717) is 19.5 Å². The van der Waals surface area contributed by atoms with Crippen molar-refractivity contribution in [2.24, 2.45) is 0 Å². The van der Waals surface area contributed by atoms with Gasteiger partial charge in [0, 0.05) is 19.5 Å². The number of carbonyl (C=O) groups is 2. The Morgan fingerprint density at radius 1 is 1.17 bits per heavy atom. The number of carbonyl (C=O) groups excluding carboxylic acids is 2. The molecule has 0 bridgehead atoms. The van der Waals surface area contributed by atoms with Gasteiger partial charge in [-0.3, -0.25) is 9.69 Å². The van der Waals surface area contributed by atoms with E-state index in [4.69, 9.17) is 4.74 Å². The van der Waals surface area contributed by atoms with Crippen LogP contribution in [0.1, 0.15) is 13.3 Å². The van der Waals surface area contributed by atoms with Gasteiger partial charge in [-0.25, -0.2) is 4.79 Å². The summed E-state index contributed by atoms with van der Waals surface area (Å²) in [6, 6.07) is 7.36. The Labute approximate surface area is 106 Å². The topological polar surface area (TPSA) is 49.9 Å². The predicted molar refractivity (Wildman–Crippen MR) is 68.8 cm³/mol. The molecule has 0 spiro atoms. The van der Waals surface area contributed by atoms with Crippen molar-refractivity contribution in [2.45, 2.75) is 13.3 Å². The molecular weight excluding hydrogens is 232 g/mol. The highest BCUT2D eigenvalue weighted by Crippen LogP contribution is 2.33. The minimum atomic E-state index is -0.397. The van der Waals surface area contributed by atoms with E-state index < -0.39 is 6.09 Å². The van der Waals surface area contributed by atoms with Gasteiger partial charge in [0.1, 0.15) is 0 Å². The van der Waals surface area contributed by atoms with Crippen LogP contribution >= 0.6 is 0 Å². The summed E-state index contributed by atoms with van der Waals surface area (Å²) in [7, 11) is 1.36. The Hall–Kier alpha value is -2.04. The first-order valence-corrected chi connectivity index (χ1v) is 5.94. The summed E-state index contributed by atoms with van der Waals surface area (Å²) in [6.45, 7) is 2.78. The summed E-state index contributed by atoms with van der Waals surface area (Å²) in [6.07, 6.45) is 0.0538. The van der Waals surface area contributed by atoms with Crippen molar-refractivity contribution in [1.82, 2.24) is 0 Å². The normalized spacial score (nSPS) is 14.1. The Morgan fingerprint density at radius 3 is 2.28 bits per heavy atom.